The highest BCUT2D eigenvalue weighted by atomic mass is 16.5. The molecular weight excluding hydrogens is 496 g/mol. The van der Waals surface area contributed by atoms with Crippen LogP contribution < -0.4 is 9.47 Å². The van der Waals surface area contributed by atoms with E-state index in [2.05, 4.69) is 69.7 Å². The second-order valence-electron chi connectivity index (χ2n) is 9.46. The van der Waals surface area contributed by atoms with Gasteiger partial charge < -0.3 is 14.0 Å². The van der Waals surface area contributed by atoms with E-state index >= 15 is 0 Å². The Hall–Kier alpha value is -5.15. The van der Waals surface area contributed by atoms with Gasteiger partial charge in [-0.1, -0.05) is 54.5 Å². The van der Waals surface area contributed by atoms with Crippen LogP contribution in [-0.4, -0.2) is 33.2 Å². The van der Waals surface area contributed by atoms with E-state index in [1.54, 1.807) is 13.3 Å². The van der Waals surface area contributed by atoms with Gasteiger partial charge in [-0.2, -0.15) is 0 Å². The maximum atomic E-state index is 6.28. The predicted molar refractivity (Wildman–Crippen MR) is 158 cm³/mol. The molecule has 0 aliphatic carbocycles. The largest absolute Gasteiger partial charge is 0.497 e. The molecule has 6 rings (SSSR count). The highest BCUT2D eigenvalue weighted by Gasteiger charge is 2.16. The van der Waals surface area contributed by atoms with E-state index in [0.29, 0.717) is 35.8 Å². The lowest BCUT2D eigenvalue weighted by Crippen LogP contribution is -2.07. The molecule has 196 valence electrons. The molecule has 3 aromatic carbocycles. The summed E-state index contributed by atoms with van der Waals surface area (Å²) in [6.45, 7) is 3.38. The first-order valence-electron chi connectivity index (χ1n) is 13.2. The Labute approximate surface area is 233 Å². The second-order valence-corrected chi connectivity index (χ2v) is 9.46. The summed E-state index contributed by atoms with van der Waals surface area (Å²) in [4.78, 5) is 13.7. The van der Waals surface area contributed by atoms with Crippen molar-refractivity contribution in [3.63, 3.8) is 0 Å². The Kier molecular flexibility index (Phi) is 7.11. The Balaban J connectivity index is 1.32. The van der Waals surface area contributed by atoms with Crippen LogP contribution in [0.25, 0.3) is 22.1 Å². The van der Waals surface area contributed by atoms with Crippen molar-refractivity contribution in [3.05, 3.63) is 125 Å². The van der Waals surface area contributed by atoms with Gasteiger partial charge in [0.1, 0.15) is 11.3 Å². The number of aromatic nitrogens is 4. The number of benzene rings is 3. The second kappa shape index (κ2) is 11.3. The topological polar surface area (TPSA) is 62.1 Å². The average molecular weight is 525 g/mol. The van der Waals surface area contributed by atoms with Crippen molar-refractivity contribution in [2.45, 2.75) is 19.9 Å². The molecule has 0 aliphatic heterocycles. The van der Waals surface area contributed by atoms with Crippen LogP contribution in [0.3, 0.4) is 0 Å². The minimum atomic E-state index is 0.409. The van der Waals surface area contributed by atoms with Gasteiger partial charge in [-0.25, -0.2) is 15.0 Å². The van der Waals surface area contributed by atoms with Crippen molar-refractivity contribution in [1.82, 2.24) is 19.5 Å². The fraction of sp³-hybridized carbons (Fsp3) is 0.147. The van der Waals surface area contributed by atoms with Crippen LogP contribution >= 0.6 is 0 Å². The normalized spacial score (nSPS) is 10.8. The standard InChI is InChI=1S/C34H28N4O2/c1-24-28(29-22-27(39-2)16-18-32(29)38(24)23-26-12-7-4-8-13-26)19-21-40-34-31(17-15-25-10-5-3-6-11-25)36-33-30(37-34)14-9-20-35-33/h3-14,16,18,20,22H,19,21,23H2,1-2H3. The number of nitrogens with zero attached hydrogens (tertiary/aromatic N) is 4. The van der Waals surface area contributed by atoms with Crippen molar-refractivity contribution >= 4 is 22.1 Å². The predicted octanol–water partition coefficient (Wildman–Crippen LogP) is 6.37. The quantitative estimate of drug-likeness (QED) is 0.227. The number of ether oxygens (including phenoxy) is 2. The Morgan fingerprint density at radius 3 is 2.45 bits per heavy atom. The van der Waals surface area contributed by atoms with E-state index < -0.39 is 0 Å². The van der Waals surface area contributed by atoms with Crippen molar-refractivity contribution in [1.29, 1.82) is 0 Å². The molecule has 0 amide bonds. The molecule has 0 spiro atoms. The summed E-state index contributed by atoms with van der Waals surface area (Å²) in [5.41, 5.74) is 7.42. The smallest absolute Gasteiger partial charge is 0.249 e. The molecule has 40 heavy (non-hydrogen) atoms. The molecule has 0 radical (unpaired) electrons. The molecule has 6 nitrogen and oxygen atoms in total. The minimum absolute atomic E-state index is 0.409. The zero-order valence-electron chi connectivity index (χ0n) is 22.5. The summed E-state index contributed by atoms with van der Waals surface area (Å²) in [7, 11) is 1.70. The summed E-state index contributed by atoms with van der Waals surface area (Å²) in [5, 5.41) is 1.16. The average Bonchev–Trinajstić information content (AvgIpc) is 3.26. The zero-order chi connectivity index (χ0) is 27.3. The lowest BCUT2D eigenvalue weighted by Gasteiger charge is -2.10. The fourth-order valence-corrected chi connectivity index (χ4v) is 4.91. The van der Waals surface area contributed by atoms with Gasteiger partial charge in [-0.3, -0.25) is 0 Å². The number of hydrogen-bond acceptors (Lipinski definition) is 5. The molecule has 0 N–H and O–H groups in total. The maximum Gasteiger partial charge on any atom is 0.249 e. The molecule has 0 unspecified atom stereocenters. The highest BCUT2D eigenvalue weighted by Crippen LogP contribution is 2.31. The van der Waals surface area contributed by atoms with Gasteiger partial charge in [0, 0.05) is 41.3 Å². The fourth-order valence-electron chi connectivity index (χ4n) is 4.91. The summed E-state index contributed by atoms with van der Waals surface area (Å²) >= 11 is 0. The summed E-state index contributed by atoms with van der Waals surface area (Å²) in [6, 6.07) is 30.3. The SMILES string of the molecule is COc1ccc2c(c1)c(CCOc1nc3cccnc3nc1C#Cc1ccccc1)c(C)n2Cc1ccccc1. The molecule has 0 bridgehead atoms. The summed E-state index contributed by atoms with van der Waals surface area (Å²) < 4.78 is 14.2. The third-order valence-electron chi connectivity index (χ3n) is 6.94. The molecular formula is C34H28N4O2. The Bertz CT molecular complexity index is 1850. The number of methoxy groups -OCH3 is 1. The third-order valence-corrected chi connectivity index (χ3v) is 6.94. The number of hydrogen-bond donors (Lipinski definition) is 0. The molecule has 0 aliphatic rings. The van der Waals surface area contributed by atoms with Crippen molar-refractivity contribution in [2.24, 2.45) is 0 Å². The Morgan fingerprint density at radius 2 is 1.65 bits per heavy atom. The van der Waals surface area contributed by atoms with E-state index in [1.807, 2.05) is 54.6 Å². The third kappa shape index (κ3) is 5.23. The van der Waals surface area contributed by atoms with Gasteiger partial charge in [0.15, 0.2) is 11.3 Å². The van der Waals surface area contributed by atoms with Gasteiger partial charge in [0.2, 0.25) is 5.88 Å². The molecule has 3 heterocycles. The Morgan fingerprint density at radius 1 is 0.850 bits per heavy atom. The molecule has 0 saturated carbocycles. The zero-order valence-corrected chi connectivity index (χ0v) is 22.5. The molecule has 6 aromatic rings. The van der Waals surface area contributed by atoms with Crippen molar-refractivity contribution in [3.8, 4) is 23.5 Å². The van der Waals surface area contributed by atoms with E-state index in [9.17, 15) is 0 Å². The van der Waals surface area contributed by atoms with E-state index in [4.69, 9.17) is 14.5 Å². The van der Waals surface area contributed by atoms with Crippen LogP contribution in [0.2, 0.25) is 0 Å². The molecule has 6 heteroatoms. The van der Waals surface area contributed by atoms with E-state index in [1.165, 1.54) is 22.3 Å². The first kappa shape index (κ1) is 25.1. The molecule has 0 fully saturated rings. The van der Waals surface area contributed by atoms with E-state index in [0.717, 1.165) is 23.2 Å². The molecule has 0 atom stereocenters. The van der Waals surface area contributed by atoms with Gasteiger partial charge in [0.05, 0.1) is 13.7 Å². The lowest BCUT2D eigenvalue weighted by molar-refractivity contribution is 0.308. The van der Waals surface area contributed by atoms with Crippen LogP contribution in [-0.2, 0) is 13.0 Å². The lowest BCUT2D eigenvalue weighted by atomic mass is 10.1. The van der Waals surface area contributed by atoms with Gasteiger partial charge in [-0.05, 0) is 66.4 Å². The van der Waals surface area contributed by atoms with Crippen LogP contribution in [0, 0.1) is 18.8 Å². The first-order chi connectivity index (χ1) is 19.7. The van der Waals surface area contributed by atoms with Gasteiger partial charge >= 0.3 is 0 Å². The first-order valence-corrected chi connectivity index (χ1v) is 13.2. The number of pyridine rings is 1. The van der Waals surface area contributed by atoms with Crippen LogP contribution in [0.15, 0.2) is 97.2 Å². The molecule has 0 saturated heterocycles. The molecule has 3 aromatic heterocycles. The summed E-state index contributed by atoms with van der Waals surface area (Å²) in [5.74, 6) is 7.56. The van der Waals surface area contributed by atoms with E-state index in [-0.39, 0.29) is 0 Å². The van der Waals surface area contributed by atoms with Gasteiger partial charge in [0.25, 0.3) is 0 Å². The monoisotopic (exact) mass is 524 g/mol. The summed E-state index contributed by atoms with van der Waals surface area (Å²) in [6.07, 6.45) is 2.39. The number of rotatable bonds is 7. The number of fused-ring (bicyclic) bond motifs is 2. The van der Waals surface area contributed by atoms with Crippen LogP contribution in [0.1, 0.15) is 28.1 Å². The maximum absolute atomic E-state index is 6.28. The van der Waals surface area contributed by atoms with Crippen LogP contribution in [0.4, 0.5) is 0 Å². The van der Waals surface area contributed by atoms with Crippen molar-refractivity contribution in [2.75, 3.05) is 13.7 Å². The van der Waals surface area contributed by atoms with Gasteiger partial charge in [-0.15, -0.1) is 0 Å². The minimum Gasteiger partial charge on any atom is -0.497 e. The highest BCUT2D eigenvalue weighted by molar-refractivity contribution is 5.87. The van der Waals surface area contributed by atoms with Crippen LogP contribution in [0.5, 0.6) is 11.6 Å². The van der Waals surface area contributed by atoms with Crippen molar-refractivity contribution < 1.29 is 9.47 Å².